The third kappa shape index (κ3) is 3.64. The highest BCUT2D eigenvalue weighted by Crippen LogP contribution is 2.27. The highest BCUT2D eigenvalue weighted by Gasteiger charge is 2.23. The molecule has 148 valence electrons. The van der Waals surface area contributed by atoms with E-state index in [0.29, 0.717) is 28.5 Å². The van der Waals surface area contributed by atoms with E-state index in [0.717, 1.165) is 15.9 Å². The molecular weight excluding hydrogens is 394 g/mol. The summed E-state index contributed by atoms with van der Waals surface area (Å²) < 4.78 is 7.98. The topological polar surface area (TPSA) is 99.8 Å². The molecular formula is C19H18ClN7O2. The molecule has 0 saturated carbocycles. The van der Waals surface area contributed by atoms with Crippen molar-refractivity contribution < 1.29 is 9.25 Å². The summed E-state index contributed by atoms with van der Waals surface area (Å²) >= 11 is 6.04. The number of nitrogens with zero attached hydrogens (tertiary/aromatic N) is 7. The molecule has 3 heterocycles. The van der Waals surface area contributed by atoms with Crippen LogP contribution in [0.5, 0.6) is 0 Å². The minimum absolute atomic E-state index is 0.220. The molecule has 0 N–H and O–H groups in total. The number of benzene rings is 1. The van der Waals surface area contributed by atoms with Crippen LogP contribution < -0.4 is 9.63 Å². The molecule has 0 aliphatic rings. The molecule has 4 rings (SSSR count). The van der Waals surface area contributed by atoms with E-state index in [1.54, 1.807) is 24.3 Å². The predicted octanol–water partition coefficient (Wildman–Crippen LogP) is 3.02. The number of rotatable bonds is 5. The molecule has 4 aromatic rings. The summed E-state index contributed by atoms with van der Waals surface area (Å²) in [4.78, 5) is 6.40. The zero-order valence-electron chi connectivity index (χ0n) is 16.0. The van der Waals surface area contributed by atoms with Crippen LogP contribution in [0, 0.1) is 5.21 Å². The number of pyridine rings is 1. The SMILES string of the molecule is C[C@@H](c1noc(-c2cccc(Cl)c2)n1)N(C)c1nnc(-c2cc[n+]([O-])cc2)n1C. The molecule has 9 nitrogen and oxygen atoms in total. The van der Waals surface area contributed by atoms with Crippen LogP contribution in [0.1, 0.15) is 18.8 Å². The monoisotopic (exact) mass is 411 g/mol. The van der Waals surface area contributed by atoms with Crippen LogP contribution in [0.15, 0.2) is 53.3 Å². The van der Waals surface area contributed by atoms with Crippen molar-refractivity contribution >= 4 is 17.5 Å². The van der Waals surface area contributed by atoms with Gasteiger partial charge >= 0.3 is 0 Å². The average Bonchev–Trinajstić information content (AvgIpc) is 3.35. The first kappa shape index (κ1) is 18.9. The largest absolute Gasteiger partial charge is 0.619 e. The van der Waals surface area contributed by atoms with Crippen LogP contribution in [0.3, 0.4) is 0 Å². The lowest BCUT2D eigenvalue weighted by atomic mass is 10.2. The smallest absolute Gasteiger partial charge is 0.258 e. The van der Waals surface area contributed by atoms with Gasteiger partial charge in [-0.25, -0.2) is 0 Å². The van der Waals surface area contributed by atoms with Gasteiger partial charge in [-0.2, -0.15) is 9.71 Å². The van der Waals surface area contributed by atoms with Gasteiger partial charge in [-0.05, 0) is 25.1 Å². The van der Waals surface area contributed by atoms with Gasteiger partial charge in [-0.15, -0.1) is 10.2 Å². The fraction of sp³-hybridized carbons (Fsp3) is 0.211. The summed E-state index contributed by atoms with van der Waals surface area (Å²) in [6, 6.07) is 10.4. The van der Waals surface area contributed by atoms with Crippen LogP contribution in [0.4, 0.5) is 5.95 Å². The first-order valence-corrected chi connectivity index (χ1v) is 9.23. The van der Waals surface area contributed by atoms with E-state index in [1.807, 2.05) is 42.6 Å². The summed E-state index contributed by atoms with van der Waals surface area (Å²) in [5, 5.41) is 24.5. The van der Waals surface area contributed by atoms with Gasteiger partial charge in [0.1, 0.15) is 0 Å². The van der Waals surface area contributed by atoms with Gasteiger partial charge in [0.25, 0.3) is 5.89 Å². The first-order chi connectivity index (χ1) is 13.9. The molecule has 0 spiro atoms. The van der Waals surface area contributed by atoms with E-state index in [4.69, 9.17) is 16.1 Å². The van der Waals surface area contributed by atoms with Crippen molar-refractivity contribution in [2.24, 2.45) is 7.05 Å². The third-order valence-corrected chi connectivity index (χ3v) is 4.93. The Kier molecular flexibility index (Phi) is 4.89. The lowest BCUT2D eigenvalue weighted by Crippen LogP contribution is -2.25. The van der Waals surface area contributed by atoms with E-state index in [2.05, 4.69) is 20.3 Å². The van der Waals surface area contributed by atoms with Gasteiger partial charge in [0.15, 0.2) is 24.0 Å². The Morgan fingerprint density at radius 3 is 2.66 bits per heavy atom. The fourth-order valence-corrected chi connectivity index (χ4v) is 3.12. The molecule has 1 atom stereocenters. The van der Waals surface area contributed by atoms with Crippen LogP contribution in [0.2, 0.25) is 5.02 Å². The van der Waals surface area contributed by atoms with Gasteiger partial charge < -0.3 is 14.6 Å². The maximum atomic E-state index is 11.3. The lowest BCUT2D eigenvalue weighted by molar-refractivity contribution is -0.605. The fourth-order valence-electron chi connectivity index (χ4n) is 2.93. The molecule has 0 bridgehead atoms. The molecule has 29 heavy (non-hydrogen) atoms. The van der Waals surface area contributed by atoms with E-state index in [-0.39, 0.29) is 6.04 Å². The van der Waals surface area contributed by atoms with Gasteiger partial charge in [0.2, 0.25) is 5.95 Å². The zero-order valence-corrected chi connectivity index (χ0v) is 16.8. The van der Waals surface area contributed by atoms with Crippen molar-refractivity contribution in [2.75, 3.05) is 11.9 Å². The molecule has 0 saturated heterocycles. The van der Waals surface area contributed by atoms with E-state index in [1.165, 1.54) is 12.4 Å². The highest BCUT2D eigenvalue weighted by molar-refractivity contribution is 6.30. The summed E-state index contributed by atoms with van der Waals surface area (Å²) in [5.74, 6) is 2.18. The minimum atomic E-state index is -0.220. The number of halogens is 1. The second-order valence-electron chi connectivity index (χ2n) is 6.58. The van der Waals surface area contributed by atoms with Crippen molar-refractivity contribution in [1.29, 1.82) is 0 Å². The summed E-state index contributed by atoms with van der Waals surface area (Å²) in [6.07, 6.45) is 2.85. The Labute approximate surface area is 171 Å². The normalized spacial score (nSPS) is 12.1. The van der Waals surface area contributed by atoms with Gasteiger partial charge in [-0.1, -0.05) is 22.8 Å². The van der Waals surface area contributed by atoms with Crippen LogP contribution in [0.25, 0.3) is 22.8 Å². The van der Waals surface area contributed by atoms with Crippen molar-refractivity contribution in [1.82, 2.24) is 24.9 Å². The molecule has 0 unspecified atom stereocenters. The first-order valence-electron chi connectivity index (χ1n) is 8.85. The average molecular weight is 412 g/mol. The Morgan fingerprint density at radius 1 is 1.17 bits per heavy atom. The van der Waals surface area contributed by atoms with Crippen LogP contribution in [-0.4, -0.2) is 32.0 Å². The van der Waals surface area contributed by atoms with E-state index >= 15 is 0 Å². The van der Waals surface area contributed by atoms with Crippen molar-refractivity contribution in [2.45, 2.75) is 13.0 Å². The summed E-state index contributed by atoms with van der Waals surface area (Å²) in [6.45, 7) is 1.95. The Balaban J connectivity index is 1.59. The maximum Gasteiger partial charge on any atom is 0.258 e. The predicted molar refractivity (Wildman–Crippen MR) is 107 cm³/mol. The number of hydrogen-bond acceptors (Lipinski definition) is 7. The minimum Gasteiger partial charge on any atom is -0.619 e. The standard InChI is InChI=1S/C19H18ClN7O2/c1-12(16-21-18(29-24-16)14-5-4-6-15(20)11-14)25(2)19-23-22-17(26(19)3)13-7-9-27(28)10-8-13/h4-12H,1-3H3/t12-/m0/s1. The Bertz CT molecular complexity index is 1140. The van der Waals surface area contributed by atoms with E-state index in [9.17, 15) is 5.21 Å². The molecule has 0 fully saturated rings. The van der Waals surface area contributed by atoms with Gasteiger partial charge in [0, 0.05) is 42.4 Å². The summed E-state index contributed by atoms with van der Waals surface area (Å²) in [7, 11) is 3.74. The van der Waals surface area contributed by atoms with Crippen molar-refractivity contribution in [3.63, 3.8) is 0 Å². The lowest BCUT2D eigenvalue weighted by Gasteiger charge is -2.22. The second kappa shape index (κ2) is 7.51. The number of anilines is 1. The van der Waals surface area contributed by atoms with Crippen molar-refractivity contribution in [3.8, 4) is 22.8 Å². The molecule has 3 aromatic heterocycles. The maximum absolute atomic E-state index is 11.3. The molecule has 0 aliphatic carbocycles. The summed E-state index contributed by atoms with van der Waals surface area (Å²) in [5.41, 5.74) is 1.55. The van der Waals surface area contributed by atoms with Crippen molar-refractivity contribution in [3.05, 3.63) is 64.8 Å². The van der Waals surface area contributed by atoms with Crippen LogP contribution >= 0.6 is 11.6 Å². The van der Waals surface area contributed by atoms with Crippen LogP contribution in [-0.2, 0) is 7.05 Å². The molecule has 1 aromatic carbocycles. The number of hydrogen-bond donors (Lipinski definition) is 0. The quantitative estimate of drug-likeness (QED) is 0.367. The van der Waals surface area contributed by atoms with E-state index < -0.39 is 0 Å². The van der Waals surface area contributed by atoms with Gasteiger partial charge in [0.05, 0.1) is 6.04 Å². The third-order valence-electron chi connectivity index (χ3n) is 4.70. The Morgan fingerprint density at radius 2 is 1.93 bits per heavy atom. The molecule has 0 radical (unpaired) electrons. The highest BCUT2D eigenvalue weighted by atomic mass is 35.5. The molecule has 0 amide bonds. The molecule has 10 heteroatoms. The van der Waals surface area contributed by atoms with Gasteiger partial charge in [-0.3, -0.25) is 4.57 Å². The number of aromatic nitrogens is 6. The zero-order chi connectivity index (χ0) is 20.5. The Hall–Kier alpha value is -3.46. The molecule has 0 aliphatic heterocycles. The second-order valence-corrected chi connectivity index (χ2v) is 7.02.